The highest BCUT2D eigenvalue weighted by Gasteiger charge is 2.29. The van der Waals surface area contributed by atoms with Crippen LogP contribution >= 0.6 is 0 Å². The predicted octanol–water partition coefficient (Wildman–Crippen LogP) is 2.53. The summed E-state index contributed by atoms with van der Waals surface area (Å²) in [6.45, 7) is 9.73. The molecule has 28 heavy (non-hydrogen) atoms. The molecule has 0 aliphatic heterocycles. The molecule has 0 aliphatic rings. The fraction of sp³-hybridized carbons (Fsp3) is 0.500. The zero-order chi connectivity index (χ0) is 21.7. The van der Waals surface area contributed by atoms with E-state index in [-0.39, 0.29) is 22.2 Å². The minimum absolute atomic E-state index is 0.00487. The quantitative estimate of drug-likeness (QED) is 0.588. The number of carbonyl (C=O) groups excluding carboxylic acids is 4. The first-order valence-corrected chi connectivity index (χ1v) is 8.74. The lowest BCUT2D eigenvalue weighted by atomic mass is 9.82. The molecular weight excluding hydrogens is 364 g/mol. The maximum Gasteiger partial charge on any atom is 0.339 e. The molecule has 2 N–H and O–H groups in total. The van der Waals surface area contributed by atoms with E-state index in [9.17, 15) is 19.2 Å². The number of methoxy groups -OCH3 is 2. The van der Waals surface area contributed by atoms with Gasteiger partial charge < -0.3 is 20.1 Å². The number of hydrogen-bond donors (Lipinski definition) is 2. The van der Waals surface area contributed by atoms with Crippen LogP contribution in [0.2, 0.25) is 0 Å². The highest BCUT2D eigenvalue weighted by atomic mass is 16.5. The van der Waals surface area contributed by atoms with Crippen LogP contribution < -0.4 is 10.6 Å². The molecule has 0 heterocycles. The first kappa shape index (κ1) is 23.1. The zero-order valence-corrected chi connectivity index (χ0v) is 17.4. The smallest absolute Gasteiger partial charge is 0.339 e. The van der Waals surface area contributed by atoms with Crippen molar-refractivity contribution in [1.82, 2.24) is 5.32 Å². The van der Waals surface area contributed by atoms with Crippen molar-refractivity contribution in [3.8, 4) is 0 Å². The van der Waals surface area contributed by atoms with Crippen LogP contribution in [-0.4, -0.2) is 43.5 Å². The van der Waals surface area contributed by atoms with Crippen LogP contribution in [0, 0.1) is 5.41 Å². The highest BCUT2D eigenvalue weighted by Crippen LogP contribution is 2.27. The molecule has 0 fully saturated rings. The predicted molar refractivity (Wildman–Crippen MR) is 104 cm³/mol. The summed E-state index contributed by atoms with van der Waals surface area (Å²) in [5.41, 5.74) is -0.584. The number of benzene rings is 1. The summed E-state index contributed by atoms with van der Waals surface area (Å²) >= 11 is 0. The van der Waals surface area contributed by atoms with E-state index in [1.54, 1.807) is 0 Å². The zero-order valence-electron chi connectivity index (χ0n) is 17.4. The lowest BCUT2D eigenvalue weighted by molar-refractivity contribution is -0.137. The standard InChI is InChI=1S/C20H28N2O6/c1-19(2,3)11-20(4,5)22-16(24)15(23)21-14-10-12(17(25)27-6)8-9-13(14)18(26)28-7/h8-10H,11H2,1-7H3,(H,21,23)(H,22,24). The van der Waals surface area contributed by atoms with Gasteiger partial charge >= 0.3 is 23.8 Å². The van der Waals surface area contributed by atoms with Gasteiger partial charge in [0.2, 0.25) is 0 Å². The van der Waals surface area contributed by atoms with Crippen molar-refractivity contribution in [3.05, 3.63) is 29.3 Å². The number of anilines is 1. The number of esters is 2. The first-order chi connectivity index (χ1) is 12.8. The van der Waals surface area contributed by atoms with Crippen LogP contribution in [0.25, 0.3) is 0 Å². The molecule has 8 heteroatoms. The first-order valence-electron chi connectivity index (χ1n) is 8.74. The van der Waals surface area contributed by atoms with Gasteiger partial charge in [-0.3, -0.25) is 9.59 Å². The topological polar surface area (TPSA) is 111 Å². The molecule has 0 aliphatic carbocycles. The van der Waals surface area contributed by atoms with Crippen molar-refractivity contribution in [3.63, 3.8) is 0 Å². The van der Waals surface area contributed by atoms with Gasteiger partial charge in [0.05, 0.1) is 31.0 Å². The third kappa shape index (κ3) is 6.68. The summed E-state index contributed by atoms with van der Waals surface area (Å²) in [7, 11) is 2.39. The Balaban J connectivity index is 3.07. The minimum Gasteiger partial charge on any atom is -0.465 e. The van der Waals surface area contributed by atoms with E-state index in [1.807, 2.05) is 34.6 Å². The largest absolute Gasteiger partial charge is 0.465 e. The minimum atomic E-state index is -0.964. The third-order valence-corrected chi connectivity index (χ3v) is 3.72. The van der Waals surface area contributed by atoms with E-state index in [4.69, 9.17) is 0 Å². The average Bonchev–Trinajstić information content (AvgIpc) is 2.57. The van der Waals surface area contributed by atoms with E-state index in [0.29, 0.717) is 6.42 Å². The monoisotopic (exact) mass is 392 g/mol. The molecule has 154 valence electrons. The summed E-state index contributed by atoms with van der Waals surface area (Å²) in [6.07, 6.45) is 0.643. The number of rotatable bonds is 5. The van der Waals surface area contributed by atoms with Gasteiger partial charge in [0.15, 0.2) is 0 Å². The lowest BCUT2D eigenvalue weighted by Crippen LogP contribution is -2.49. The van der Waals surface area contributed by atoms with E-state index in [0.717, 1.165) is 0 Å². The Hall–Kier alpha value is -2.90. The molecule has 1 aromatic rings. The number of nitrogens with one attached hydrogen (secondary N) is 2. The van der Waals surface area contributed by atoms with Crippen molar-refractivity contribution in [1.29, 1.82) is 0 Å². The van der Waals surface area contributed by atoms with Gasteiger partial charge in [0.1, 0.15) is 0 Å². The van der Waals surface area contributed by atoms with E-state index >= 15 is 0 Å². The van der Waals surface area contributed by atoms with Gasteiger partial charge in [-0.1, -0.05) is 20.8 Å². The Kier molecular flexibility index (Phi) is 7.32. The average molecular weight is 392 g/mol. The molecule has 0 atom stereocenters. The van der Waals surface area contributed by atoms with Crippen molar-refractivity contribution in [2.45, 2.75) is 46.6 Å². The molecule has 1 rings (SSSR count). The Morgan fingerprint density at radius 1 is 0.893 bits per heavy atom. The number of amides is 2. The Bertz CT molecular complexity index is 777. The number of carbonyl (C=O) groups is 4. The van der Waals surface area contributed by atoms with Crippen molar-refractivity contribution in [2.75, 3.05) is 19.5 Å². The third-order valence-electron chi connectivity index (χ3n) is 3.72. The Labute approximate surface area is 165 Å². The molecule has 0 saturated heterocycles. The van der Waals surface area contributed by atoms with Crippen LogP contribution in [-0.2, 0) is 19.1 Å². The molecule has 0 unspecified atom stereocenters. The van der Waals surface area contributed by atoms with Crippen LogP contribution in [0.4, 0.5) is 5.69 Å². The highest BCUT2D eigenvalue weighted by molar-refractivity contribution is 6.40. The van der Waals surface area contributed by atoms with Gasteiger partial charge in [-0.05, 0) is 43.9 Å². The van der Waals surface area contributed by atoms with Crippen LogP contribution in [0.15, 0.2) is 18.2 Å². The van der Waals surface area contributed by atoms with Gasteiger partial charge in [-0.15, -0.1) is 0 Å². The summed E-state index contributed by atoms with van der Waals surface area (Å²) < 4.78 is 9.31. The normalized spacial score (nSPS) is 11.4. The fourth-order valence-electron chi connectivity index (χ4n) is 3.09. The van der Waals surface area contributed by atoms with E-state index in [2.05, 4.69) is 20.1 Å². The van der Waals surface area contributed by atoms with Crippen LogP contribution in [0.1, 0.15) is 61.8 Å². The van der Waals surface area contributed by atoms with Crippen molar-refractivity contribution in [2.24, 2.45) is 5.41 Å². The maximum atomic E-state index is 12.4. The number of ether oxygens (including phenoxy) is 2. The molecule has 8 nitrogen and oxygen atoms in total. The van der Waals surface area contributed by atoms with Gasteiger partial charge in [-0.25, -0.2) is 9.59 Å². The summed E-state index contributed by atoms with van der Waals surface area (Å²) in [4.78, 5) is 48.4. The van der Waals surface area contributed by atoms with E-state index in [1.165, 1.54) is 32.4 Å². The second kappa shape index (κ2) is 8.86. The molecule has 0 spiro atoms. The summed E-state index contributed by atoms with van der Waals surface area (Å²) in [5.74, 6) is -3.19. The van der Waals surface area contributed by atoms with Crippen molar-refractivity contribution >= 4 is 29.4 Å². The molecule has 0 aromatic heterocycles. The second-order valence-corrected chi connectivity index (χ2v) is 8.27. The molecular formula is C20H28N2O6. The van der Waals surface area contributed by atoms with Gasteiger partial charge in [-0.2, -0.15) is 0 Å². The molecule has 0 saturated carbocycles. The second-order valence-electron chi connectivity index (χ2n) is 8.27. The van der Waals surface area contributed by atoms with Crippen LogP contribution in [0.5, 0.6) is 0 Å². The fourth-order valence-corrected chi connectivity index (χ4v) is 3.09. The van der Waals surface area contributed by atoms with Gasteiger partial charge in [0.25, 0.3) is 0 Å². The maximum absolute atomic E-state index is 12.4. The lowest BCUT2D eigenvalue weighted by Gasteiger charge is -2.33. The molecule has 2 amide bonds. The Morgan fingerprint density at radius 3 is 1.96 bits per heavy atom. The summed E-state index contributed by atoms with van der Waals surface area (Å²) in [6, 6.07) is 3.93. The SMILES string of the molecule is COC(=O)c1ccc(C(=O)OC)c(NC(=O)C(=O)NC(C)(C)CC(C)(C)C)c1. The molecule has 1 aromatic carbocycles. The molecule has 0 radical (unpaired) electrons. The van der Waals surface area contributed by atoms with Crippen LogP contribution in [0.3, 0.4) is 0 Å². The van der Waals surface area contributed by atoms with E-state index < -0.39 is 29.3 Å². The van der Waals surface area contributed by atoms with Gasteiger partial charge in [0, 0.05) is 5.54 Å². The molecule has 0 bridgehead atoms. The number of hydrogen-bond acceptors (Lipinski definition) is 6. The van der Waals surface area contributed by atoms with Crippen molar-refractivity contribution < 1.29 is 28.7 Å². The Morgan fingerprint density at radius 2 is 1.46 bits per heavy atom. The summed E-state index contributed by atoms with van der Waals surface area (Å²) in [5, 5.41) is 5.06.